The summed E-state index contributed by atoms with van der Waals surface area (Å²) in [5.74, 6) is 2.42. The van der Waals surface area contributed by atoms with Crippen LogP contribution in [0, 0.1) is 18.8 Å². The predicted octanol–water partition coefficient (Wildman–Crippen LogP) is 4.58. The van der Waals surface area contributed by atoms with Gasteiger partial charge in [-0.05, 0) is 89.4 Å². The molecule has 2 heterocycles. The van der Waals surface area contributed by atoms with Gasteiger partial charge < -0.3 is 18.7 Å². The molecule has 166 valence electrons. The molecule has 1 saturated heterocycles. The number of methoxy groups -OCH3 is 1. The third-order valence-corrected chi connectivity index (χ3v) is 6.60. The molecule has 1 aliphatic carbocycles. The summed E-state index contributed by atoms with van der Waals surface area (Å²) in [5.41, 5.74) is 3.04. The lowest BCUT2D eigenvalue weighted by atomic mass is 9.91. The molecule has 0 radical (unpaired) electrons. The number of likely N-dealkylation sites (tertiary alicyclic amines) is 1. The molecule has 4 rings (SSSR count). The minimum atomic E-state index is -0.116. The van der Waals surface area contributed by atoms with Crippen LogP contribution in [-0.4, -0.2) is 56.3 Å². The van der Waals surface area contributed by atoms with Crippen LogP contribution >= 0.6 is 0 Å². The smallest absolute Gasteiger partial charge is 0.173 e. The Kier molecular flexibility index (Phi) is 7.28. The molecule has 6 nitrogen and oxygen atoms in total. The Hall–Kier alpha value is -1.63. The van der Waals surface area contributed by atoms with Crippen molar-refractivity contribution < 1.29 is 18.7 Å². The molecule has 0 N–H and O–H groups in total. The van der Waals surface area contributed by atoms with Crippen molar-refractivity contribution in [1.29, 1.82) is 0 Å². The fourth-order valence-corrected chi connectivity index (χ4v) is 4.39. The van der Waals surface area contributed by atoms with Gasteiger partial charge in [-0.2, -0.15) is 0 Å². The third-order valence-electron chi connectivity index (χ3n) is 6.60. The molecular weight excluding hydrogens is 380 g/mol. The summed E-state index contributed by atoms with van der Waals surface area (Å²) < 4.78 is 22.7. The van der Waals surface area contributed by atoms with Crippen LogP contribution in [0.5, 0.6) is 5.75 Å². The summed E-state index contributed by atoms with van der Waals surface area (Å²) in [4.78, 5) is 2.46. The summed E-state index contributed by atoms with van der Waals surface area (Å²) in [7, 11) is 1.72. The topological polar surface area (TPSA) is 57.0 Å². The van der Waals surface area contributed by atoms with Crippen molar-refractivity contribution in [3.8, 4) is 5.75 Å². The number of hydrogen-bond acceptors (Lipinski definition) is 6. The van der Waals surface area contributed by atoms with Gasteiger partial charge >= 0.3 is 0 Å². The Labute approximate surface area is 179 Å². The van der Waals surface area contributed by atoms with E-state index in [1.807, 2.05) is 6.92 Å². The quantitative estimate of drug-likeness (QED) is 0.500. The average molecular weight is 417 g/mol. The second-order valence-corrected chi connectivity index (χ2v) is 8.85. The second-order valence-electron chi connectivity index (χ2n) is 8.85. The van der Waals surface area contributed by atoms with Crippen molar-refractivity contribution in [2.45, 2.75) is 58.7 Å². The number of fused-ring (bicyclic) bond motifs is 1. The van der Waals surface area contributed by atoms with Crippen LogP contribution in [0.1, 0.15) is 50.3 Å². The zero-order chi connectivity index (χ0) is 20.9. The van der Waals surface area contributed by atoms with Gasteiger partial charge in [0.1, 0.15) is 5.75 Å². The van der Waals surface area contributed by atoms with Gasteiger partial charge in [0.25, 0.3) is 0 Å². The minimum absolute atomic E-state index is 0.116. The van der Waals surface area contributed by atoms with E-state index in [0.29, 0.717) is 6.61 Å². The van der Waals surface area contributed by atoms with Crippen LogP contribution in [-0.2, 0) is 15.9 Å². The zero-order valence-corrected chi connectivity index (χ0v) is 18.7. The Morgan fingerprint density at radius 1 is 1.17 bits per heavy atom. The second kappa shape index (κ2) is 10.1. The van der Waals surface area contributed by atoms with Crippen molar-refractivity contribution >= 4 is 11.0 Å². The van der Waals surface area contributed by atoms with E-state index in [0.717, 1.165) is 78.9 Å². The maximum atomic E-state index is 5.98. The largest absolute Gasteiger partial charge is 0.493 e. The van der Waals surface area contributed by atoms with Crippen molar-refractivity contribution in [2.75, 3.05) is 40.0 Å². The Bertz CT molecular complexity index is 809. The highest BCUT2D eigenvalue weighted by Gasteiger charge is 2.24. The van der Waals surface area contributed by atoms with E-state index >= 15 is 0 Å². The number of ether oxygens (including phenoxy) is 3. The molecule has 1 saturated carbocycles. The first kappa shape index (κ1) is 21.6. The number of rotatable bonds is 11. The van der Waals surface area contributed by atoms with Crippen LogP contribution in [0.4, 0.5) is 0 Å². The summed E-state index contributed by atoms with van der Waals surface area (Å²) in [6.07, 6.45) is 7.05. The molecule has 0 bridgehead atoms. The van der Waals surface area contributed by atoms with Crippen LogP contribution < -0.4 is 4.74 Å². The highest BCUT2D eigenvalue weighted by atomic mass is 16.7. The molecule has 0 amide bonds. The van der Waals surface area contributed by atoms with E-state index in [1.54, 1.807) is 7.11 Å². The van der Waals surface area contributed by atoms with Crippen LogP contribution in [0.2, 0.25) is 0 Å². The number of piperidine rings is 1. The van der Waals surface area contributed by atoms with Crippen LogP contribution in [0.3, 0.4) is 0 Å². The summed E-state index contributed by atoms with van der Waals surface area (Å²) in [6, 6.07) is 4.21. The molecule has 6 heteroatoms. The highest BCUT2D eigenvalue weighted by Crippen LogP contribution is 2.34. The van der Waals surface area contributed by atoms with E-state index in [2.05, 4.69) is 29.1 Å². The third kappa shape index (κ3) is 5.34. The first-order valence-electron chi connectivity index (χ1n) is 11.5. The molecule has 1 atom stereocenters. The number of aryl methyl sites for hydroxylation is 2. The average Bonchev–Trinajstić information content (AvgIpc) is 3.50. The molecule has 1 aromatic heterocycles. The van der Waals surface area contributed by atoms with Crippen LogP contribution in [0.25, 0.3) is 11.0 Å². The van der Waals surface area contributed by atoms with Gasteiger partial charge in [0.2, 0.25) is 0 Å². The lowest BCUT2D eigenvalue weighted by Gasteiger charge is -2.33. The SMILES string of the molecule is CCOC(CN1CCC(CCc2noc3c(C)c(OCC4CC4)ccc23)CC1)OC. The van der Waals surface area contributed by atoms with E-state index in [-0.39, 0.29) is 6.29 Å². The van der Waals surface area contributed by atoms with E-state index < -0.39 is 0 Å². The first-order valence-corrected chi connectivity index (χ1v) is 11.5. The fourth-order valence-electron chi connectivity index (χ4n) is 4.39. The molecule has 0 spiro atoms. The molecule has 1 unspecified atom stereocenters. The maximum absolute atomic E-state index is 5.98. The summed E-state index contributed by atoms with van der Waals surface area (Å²) in [5, 5.41) is 5.54. The Balaban J connectivity index is 1.27. The van der Waals surface area contributed by atoms with Crippen molar-refractivity contribution in [1.82, 2.24) is 10.1 Å². The molecule has 2 aromatic rings. The fraction of sp³-hybridized carbons (Fsp3) is 0.708. The normalized spacial score (nSPS) is 19.4. The van der Waals surface area contributed by atoms with Gasteiger partial charge in [-0.15, -0.1) is 0 Å². The van der Waals surface area contributed by atoms with Crippen LogP contribution in [0.15, 0.2) is 16.7 Å². The molecule has 1 aliphatic heterocycles. The Morgan fingerprint density at radius 2 is 1.97 bits per heavy atom. The first-order chi connectivity index (χ1) is 14.7. The lowest BCUT2D eigenvalue weighted by molar-refractivity contribution is -0.134. The summed E-state index contributed by atoms with van der Waals surface area (Å²) in [6.45, 7) is 8.67. The van der Waals surface area contributed by atoms with Gasteiger partial charge in [0.15, 0.2) is 11.9 Å². The standard InChI is InChI=1S/C24H36N2O4/c1-4-28-23(27-3)15-26-13-11-18(12-14-26)7-9-21-20-8-10-22(29-16-19-5-6-19)17(2)24(20)30-25-21/h8,10,18-19,23H,4-7,9,11-16H2,1-3H3. The van der Waals surface area contributed by atoms with Crippen molar-refractivity contribution in [3.63, 3.8) is 0 Å². The van der Waals surface area contributed by atoms with Gasteiger partial charge in [-0.1, -0.05) is 5.16 Å². The number of aromatic nitrogens is 1. The van der Waals surface area contributed by atoms with E-state index in [1.165, 1.54) is 25.7 Å². The van der Waals surface area contributed by atoms with Gasteiger partial charge in [-0.3, -0.25) is 4.90 Å². The number of hydrogen-bond donors (Lipinski definition) is 0. The number of benzene rings is 1. The van der Waals surface area contributed by atoms with E-state index in [4.69, 9.17) is 18.7 Å². The Morgan fingerprint density at radius 3 is 2.67 bits per heavy atom. The van der Waals surface area contributed by atoms with E-state index in [9.17, 15) is 0 Å². The number of nitrogens with zero attached hydrogens (tertiary/aromatic N) is 2. The lowest BCUT2D eigenvalue weighted by Crippen LogP contribution is -2.40. The molecule has 2 fully saturated rings. The molecule has 30 heavy (non-hydrogen) atoms. The van der Waals surface area contributed by atoms with Gasteiger partial charge in [0, 0.05) is 31.2 Å². The zero-order valence-electron chi connectivity index (χ0n) is 18.7. The highest BCUT2D eigenvalue weighted by molar-refractivity contribution is 5.84. The van der Waals surface area contributed by atoms with Crippen molar-refractivity contribution in [2.24, 2.45) is 11.8 Å². The predicted molar refractivity (Wildman–Crippen MR) is 117 cm³/mol. The van der Waals surface area contributed by atoms with Crippen molar-refractivity contribution in [3.05, 3.63) is 23.4 Å². The summed E-state index contributed by atoms with van der Waals surface area (Å²) >= 11 is 0. The van der Waals surface area contributed by atoms with Gasteiger partial charge in [-0.25, -0.2) is 0 Å². The molecule has 1 aromatic carbocycles. The monoisotopic (exact) mass is 416 g/mol. The minimum Gasteiger partial charge on any atom is -0.493 e. The maximum Gasteiger partial charge on any atom is 0.173 e. The molecular formula is C24H36N2O4. The molecule has 2 aliphatic rings. The van der Waals surface area contributed by atoms with Gasteiger partial charge in [0.05, 0.1) is 12.3 Å².